The van der Waals surface area contributed by atoms with Gasteiger partial charge in [-0.2, -0.15) is 0 Å². The summed E-state index contributed by atoms with van der Waals surface area (Å²) in [4.78, 5) is 30.9. The number of carbonyl (C=O) groups is 2. The summed E-state index contributed by atoms with van der Waals surface area (Å²) in [5.74, 6) is -1.18. The van der Waals surface area contributed by atoms with Crippen LogP contribution < -0.4 is 0 Å². The summed E-state index contributed by atoms with van der Waals surface area (Å²) >= 11 is 0. The second kappa shape index (κ2) is 4.24. The Kier molecular flexibility index (Phi) is 4.03. The molecule has 0 fully saturated rings. The molecular weight excluding hydrogens is 207 g/mol. The van der Waals surface area contributed by atoms with Crippen LogP contribution in [0.1, 0.15) is 27.2 Å². The average molecular weight is 222 g/mol. The molecule has 0 bridgehead atoms. The first-order valence-electron chi connectivity index (χ1n) is 4.16. The van der Waals surface area contributed by atoms with Crippen molar-refractivity contribution in [3.8, 4) is 0 Å². The van der Waals surface area contributed by atoms with Crippen molar-refractivity contribution in [2.45, 2.75) is 27.2 Å². The number of carbonyl (C=O) groups excluding carboxylic acids is 1. The fraction of sp³-hybridized carbons (Fsp3) is 0.750. The molecule has 0 amide bonds. The molecule has 5 nitrogen and oxygen atoms in total. The highest BCUT2D eigenvalue weighted by Crippen LogP contribution is 2.47. The lowest BCUT2D eigenvalue weighted by atomic mass is 9.99. The molecule has 0 spiro atoms. The Morgan fingerprint density at radius 3 is 2.00 bits per heavy atom. The van der Waals surface area contributed by atoms with Gasteiger partial charge in [-0.3, -0.25) is 14.2 Å². The molecular formula is C8H15O5P. The Balaban J connectivity index is 4.56. The molecule has 2 N–H and O–H groups in total. The van der Waals surface area contributed by atoms with E-state index in [4.69, 9.17) is 5.11 Å². The quantitative estimate of drug-likeness (QED) is 0.699. The molecule has 14 heavy (non-hydrogen) atoms. The van der Waals surface area contributed by atoms with Crippen molar-refractivity contribution in [2.75, 3.05) is 6.16 Å². The van der Waals surface area contributed by atoms with Gasteiger partial charge in [-0.25, -0.2) is 0 Å². The molecule has 0 saturated carbocycles. The Labute approximate surface area is 82.6 Å². The summed E-state index contributed by atoms with van der Waals surface area (Å²) in [7, 11) is -3.98. The van der Waals surface area contributed by atoms with E-state index in [1.165, 1.54) is 20.8 Å². The van der Waals surface area contributed by atoms with Crippen molar-refractivity contribution >= 4 is 18.9 Å². The topological polar surface area (TPSA) is 91.7 Å². The first kappa shape index (κ1) is 13.3. The molecule has 0 rings (SSSR count). The van der Waals surface area contributed by atoms with Crippen LogP contribution in [0.5, 0.6) is 0 Å². The van der Waals surface area contributed by atoms with E-state index in [9.17, 15) is 19.0 Å². The smallest absolute Gasteiger partial charge is 0.303 e. The fourth-order valence-electron chi connectivity index (χ4n) is 0.873. The van der Waals surface area contributed by atoms with E-state index >= 15 is 0 Å². The van der Waals surface area contributed by atoms with E-state index in [1.54, 1.807) is 0 Å². The van der Waals surface area contributed by atoms with Crippen LogP contribution >= 0.6 is 7.37 Å². The molecule has 0 aliphatic carbocycles. The van der Waals surface area contributed by atoms with Gasteiger partial charge in [0.15, 0.2) is 0 Å². The Hall–Kier alpha value is -0.670. The number of carboxylic acid groups (broad SMARTS) is 1. The maximum Gasteiger partial charge on any atom is 0.303 e. The molecule has 0 heterocycles. The zero-order valence-corrected chi connectivity index (χ0v) is 9.38. The third-order valence-electron chi connectivity index (χ3n) is 1.59. The van der Waals surface area contributed by atoms with Gasteiger partial charge in [0.1, 0.15) is 0 Å². The van der Waals surface area contributed by atoms with Gasteiger partial charge < -0.3 is 10.00 Å². The largest absolute Gasteiger partial charge is 0.481 e. The van der Waals surface area contributed by atoms with Gasteiger partial charge in [-0.1, -0.05) is 20.8 Å². The van der Waals surface area contributed by atoms with E-state index in [-0.39, 0.29) is 0 Å². The van der Waals surface area contributed by atoms with Crippen molar-refractivity contribution in [3.63, 3.8) is 0 Å². The van der Waals surface area contributed by atoms with Crippen LogP contribution in [-0.4, -0.2) is 27.7 Å². The zero-order chi connectivity index (χ0) is 11.6. The van der Waals surface area contributed by atoms with Crippen molar-refractivity contribution in [1.29, 1.82) is 0 Å². The highest BCUT2D eigenvalue weighted by Gasteiger charge is 2.37. The summed E-state index contributed by atoms with van der Waals surface area (Å²) in [6.45, 7) is 4.58. The monoisotopic (exact) mass is 222 g/mol. The van der Waals surface area contributed by atoms with Gasteiger partial charge in [-0.05, 0) is 0 Å². The standard InChI is InChI=1S/C8H15O5P/c1-8(2,3)7(11)14(12,13)5-4-6(9)10/h4-5H2,1-3H3,(H,9,10)(H,12,13). The Morgan fingerprint density at radius 1 is 1.29 bits per heavy atom. The molecule has 0 aliphatic heterocycles. The van der Waals surface area contributed by atoms with Gasteiger partial charge in [-0.15, -0.1) is 0 Å². The van der Waals surface area contributed by atoms with Crippen LogP contribution in [-0.2, 0) is 14.2 Å². The van der Waals surface area contributed by atoms with Crippen molar-refractivity contribution < 1.29 is 24.2 Å². The molecule has 0 aromatic heterocycles. The van der Waals surface area contributed by atoms with Crippen molar-refractivity contribution in [3.05, 3.63) is 0 Å². The lowest BCUT2D eigenvalue weighted by molar-refractivity contribution is -0.136. The Bertz CT molecular complexity index is 289. The fourth-order valence-corrected chi connectivity index (χ4v) is 2.62. The lowest BCUT2D eigenvalue weighted by Crippen LogP contribution is -2.21. The van der Waals surface area contributed by atoms with Crippen LogP contribution in [0.3, 0.4) is 0 Å². The third-order valence-corrected chi connectivity index (χ3v) is 3.72. The lowest BCUT2D eigenvalue weighted by Gasteiger charge is -2.20. The maximum atomic E-state index is 11.4. The minimum Gasteiger partial charge on any atom is -0.481 e. The van der Waals surface area contributed by atoms with Gasteiger partial charge in [0, 0.05) is 11.6 Å². The first-order chi connectivity index (χ1) is 6.07. The van der Waals surface area contributed by atoms with Crippen LogP contribution in [0.2, 0.25) is 0 Å². The SMILES string of the molecule is CC(C)(C)C(=O)P(=O)(O)CCC(=O)O. The summed E-state index contributed by atoms with van der Waals surface area (Å²) < 4.78 is 11.4. The summed E-state index contributed by atoms with van der Waals surface area (Å²) in [6, 6.07) is 0. The van der Waals surface area contributed by atoms with E-state index in [1.807, 2.05) is 0 Å². The number of hydrogen-bond donors (Lipinski definition) is 2. The summed E-state index contributed by atoms with van der Waals surface area (Å²) in [5.41, 5.74) is -1.69. The van der Waals surface area contributed by atoms with Crippen LogP contribution in [0.15, 0.2) is 0 Å². The zero-order valence-electron chi connectivity index (χ0n) is 8.48. The maximum absolute atomic E-state index is 11.4. The number of hydrogen-bond acceptors (Lipinski definition) is 3. The number of carboxylic acids is 1. The summed E-state index contributed by atoms with van der Waals surface area (Å²) in [6.07, 6.45) is -0.950. The molecule has 0 aliphatic rings. The molecule has 0 saturated heterocycles. The molecule has 0 aromatic carbocycles. The van der Waals surface area contributed by atoms with Crippen LogP contribution in [0.4, 0.5) is 0 Å². The van der Waals surface area contributed by atoms with Gasteiger partial charge in [0.2, 0.25) is 5.52 Å². The Morgan fingerprint density at radius 2 is 1.71 bits per heavy atom. The highest BCUT2D eigenvalue weighted by molar-refractivity contribution is 7.75. The molecule has 0 aromatic rings. The van der Waals surface area contributed by atoms with E-state index < -0.39 is 36.9 Å². The second-order valence-electron chi connectivity index (χ2n) is 4.12. The summed E-state index contributed by atoms with van der Waals surface area (Å²) in [5, 5.41) is 8.32. The number of rotatable bonds is 4. The van der Waals surface area contributed by atoms with E-state index in [0.717, 1.165) is 0 Å². The third kappa shape index (κ3) is 4.03. The van der Waals surface area contributed by atoms with Crippen LogP contribution in [0.25, 0.3) is 0 Å². The van der Waals surface area contributed by atoms with Gasteiger partial charge >= 0.3 is 5.97 Å². The van der Waals surface area contributed by atoms with Gasteiger partial charge in [0.25, 0.3) is 7.37 Å². The van der Waals surface area contributed by atoms with E-state index in [2.05, 4.69) is 0 Å². The van der Waals surface area contributed by atoms with Crippen LogP contribution in [0, 0.1) is 5.41 Å². The normalized spacial score (nSPS) is 16.0. The molecule has 6 heteroatoms. The van der Waals surface area contributed by atoms with E-state index in [0.29, 0.717) is 0 Å². The second-order valence-corrected chi connectivity index (χ2v) is 6.38. The predicted octanol–water partition coefficient (Wildman–Crippen LogP) is 1.30. The molecule has 1 atom stereocenters. The minimum atomic E-state index is -3.98. The molecule has 1 unspecified atom stereocenters. The average Bonchev–Trinajstić information content (AvgIpc) is 1.98. The predicted molar refractivity (Wildman–Crippen MR) is 51.4 cm³/mol. The number of aliphatic carboxylic acids is 1. The minimum absolute atomic E-state index is 0.463. The molecule has 82 valence electrons. The van der Waals surface area contributed by atoms with Crippen molar-refractivity contribution in [2.24, 2.45) is 5.41 Å². The molecule has 0 radical (unpaired) electrons. The first-order valence-corrected chi connectivity index (χ1v) is 6.00. The van der Waals surface area contributed by atoms with Gasteiger partial charge in [0.05, 0.1) is 6.42 Å². The highest BCUT2D eigenvalue weighted by atomic mass is 31.2. The van der Waals surface area contributed by atoms with Crippen molar-refractivity contribution in [1.82, 2.24) is 0 Å².